The van der Waals surface area contributed by atoms with Crippen LogP contribution >= 0.6 is 15.9 Å². The van der Waals surface area contributed by atoms with Crippen molar-refractivity contribution in [1.82, 2.24) is 0 Å². The van der Waals surface area contributed by atoms with E-state index in [1.165, 1.54) is 6.26 Å². The van der Waals surface area contributed by atoms with Crippen LogP contribution in [-0.2, 0) is 4.79 Å². The van der Waals surface area contributed by atoms with E-state index in [9.17, 15) is 9.59 Å². The zero-order valence-corrected chi connectivity index (χ0v) is 17.7. The van der Waals surface area contributed by atoms with Gasteiger partial charge in [0.25, 0.3) is 11.8 Å². The minimum atomic E-state index is -0.363. The van der Waals surface area contributed by atoms with Crippen LogP contribution in [0.1, 0.15) is 35.9 Å². The van der Waals surface area contributed by atoms with Gasteiger partial charge in [-0.3, -0.25) is 9.59 Å². The number of hydrogen-bond donors (Lipinski definition) is 2. The minimum Gasteiger partial charge on any atom is -0.483 e. The minimum absolute atomic E-state index is 0.121. The third kappa shape index (κ3) is 5.71. The third-order valence-corrected chi connectivity index (χ3v) is 4.60. The fourth-order valence-corrected chi connectivity index (χ4v) is 3.10. The molecule has 29 heavy (non-hydrogen) atoms. The summed E-state index contributed by atoms with van der Waals surface area (Å²) in [6.45, 7) is 4.01. The first-order valence-electron chi connectivity index (χ1n) is 9.09. The lowest BCUT2D eigenvalue weighted by Crippen LogP contribution is -2.20. The molecule has 150 valence electrons. The summed E-state index contributed by atoms with van der Waals surface area (Å²) in [7, 11) is 0. The predicted octanol–water partition coefficient (Wildman–Crippen LogP) is 5.44. The molecule has 6 nitrogen and oxygen atoms in total. The maximum absolute atomic E-state index is 12.3. The maximum atomic E-state index is 12.3. The number of carbonyl (C=O) groups is 2. The van der Waals surface area contributed by atoms with Crippen LogP contribution in [0.2, 0.25) is 0 Å². The summed E-state index contributed by atoms with van der Waals surface area (Å²) in [6, 6.07) is 15.8. The molecule has 0 radical (unpaired) electrons. The second-order valence-electron chi connectivity index (χ2n) is 6.69. The topological polar surface area (TPSA) is 80.6 Å². The molecule has 0 fully saturated rings. The largest absolute Gasteiger partial charge is 0.483 e. The summed E-state index contributed by atoms with van der Waals surface area (Å²) in [4.78, 5) is 24.4. The highest BCUT2D eigenvalue weighted by atomic mass is 79.9. The van der Waals surface area contributed by atoms with E-state index >= 15 is 0 Å². The van der Waals surface area contributed by atoms with Gasteiger partial charge in [0.05, 0.1) is 6.26 Å². The summed E-state index contributed by atoms with van der Waals surface area (Å²) < 4.78 is 11.7. The van der Waals surface area contributed by atoms with Crippen molar-refractivity contribution in [3.8, 4) is 5.75 Å². The molecule has 0 saturated carbocycles. The van der Waals surface area contributed by atoms with Crippen molar-refractivity contribution < 1.29 is 18.7 Å². The smallest absolute Gasteiger partial charge is 0.291 e. The number of nitrogens with one attached hydrogen (secondary N) is 2. The van der Waals surface area contributed by atoms with Gasteiger partial charge in [-0.15, -0.1) is 0 Å². The molecule has 1 aromatic heterocycles. The first-order valence-corrected chi connectivity index (χ1v) is 9.88. The van der Waals surface area contributed by atoms with Crippen LogP contribution in [0, 0.1) is 0 Å². The Balaban J connectivity index is 1.59. The summed E-state index contributed by atoms with van der Waals surface area (Å²) in [5, 5.41) is 5.49. The van der Waals surface area contributed by atoms with E-state index in [0.29, 0.717) is 17.1 Å². The van der Waals surface area contributed by atoms with Gasteiger partial charge in [0.1, 0.15) is 5.75 Å². The van der Waals surface area contributed by atoms with Crippen LogP contribution in [-0.4, -0.2) is 18.4 Å². The number of halogens is 1. The Morgan fingerprint density at radius 2 is 1.79 bits per heavy atom. The first-order chi connectivity index (χ1) is 13.9. The van der Waals surface area contributed by atoms with Crippen LogP contribution < -0.4 is 15.4 Å². The second-order valence-corrected chi connectivity index (χ2v) is 7.60. The quantitative estimate of drug-likeness (QED) is 0.496. The number of benzene rings is 2. The summed E-state index contributed by atoms with van der Waals surface area (Å²) >= 11 is 3.45. The van der Waals surface area contributed by atoms with Gasteiger partial charge in [-0.05, 0) is 60.0 Å². The molecule has 2 N–H and O–H groups in total. The first kappa shape index (κ1) is 20.7. The van der Waals surface area contributed by atoms with Crippen molar-refractivity contribution in [2.75, 3.05) is 17.2 Å². The molecule has 1 heterocycles. The lowest BCUT2D eigenvalue weighted by Gasteiger charge is -2.14. The molecular weight excluding hydrogens is 436 g/mol. The molecule has 2 aromatic carbocycles. The van der Waals surface area contributed by atoms with E-state index in [0.717, 1.165) is 10.0 Å². The number of ether oxygens (including phenoxy) is 1. The van der Waals surface area contributed by atoms with Gasteiger partial charge in [-0.25, -0.2) is 0 Å². The molecule has 0 aliphatic rings. The highest BCUT2D eigenvalue weighted by molar-refractivity contribution is 9.10. The summed E-state index contributed by atoms with van der Waals surface area (Å²) in [6.07, 6.45) is 1.43. The van der Waals surface area contributed by atoms with Crippen LogP contribution in [0.25, 0.3) is 0 Å². The Morgan fingerprint density at radius 1 is 1.03 bits per heavy atom. The number of furan rings is 1. The second kappa shape index (κ2) is 9.43. The lowest BCUT2D eigenvalue weighted by atomic mass is 10.0. The molecule has 0 unspecified atom stereocenters. The Morgan fingerprint density at radius 3 is 2.48 bits per heavy atom. The Kier molecular flexibility index (Phi) is 6.72. The average molecular weight is 457 g/mol. The number of anilines is 2. The van der Waals surface area contributed by atoms with E-state index in [2.05, 4.69) is 40.4 Å². The predicted molar refractivity (Wildman–Crippen MR) is 115 cm³/mol. The van der Waals surface area contributed by atoms with Gasteiger partial charge in [0.15, 0.2) is 12.4 Å². The lowest BCUT2D eigenvalue weighted by molar-refractivity contribution is -0.118. The Labute approximate surface area is 177 Å². The van der Waals surface area contributed by atoms with Gasteiger partial charge in [-0.2, -0.15) is 0 Å². The summed E-state index contributed by atoms with van der Waals surface area (Å²) in [5.74, 6) is 0.497. The van der Waals surface area contributed by atoms with E-state index in [1.54, 1.807) is 36.4 Å². The standard InChI is InChI=1S/C22H21BrN2O4/c1-14(2)18-11-15(23)8-9-19(18)29-13-21(26)24-16-5-3-6-17(12-16)25-22(27)20-7-4-10-28-20/h3-12,14H,13H2,1-2H3,(H,24,26)(H,25,27). The molecule has 0 saturated heterocycles. The molecule has 0 spiro atoms. The molecule has 0 atom stereocenters. The van der Waals surface area contributed by atoms with Crippen molar-refractivity contribution in [2.24, 2.45) is 0 Å². The highest BCUT2D eigenvalue weighted by Crippen LogP contribution is 2.29. The third-order valence-electron chi connectivity index (χ3n) is 4.10. The van der Waals surface area contributed by atoms with Crippen molar-refractivity contribution in [2.45, 2.75) is 19.8 Å². The van der Waals surface area contributed by atoms with Gasteiger partial charge in [-0.1, -0.05) is 35.8 Å². The summed E-state index contributed by atoms with van der Waals surface area (Å²) in [5.41, 5.74) is 2.12. The molecule has 7 heteroatoms. The molecule has 0 aliphatic heterocycles. The van der Waals surface area contributed by atoms with Crippen molar-refractivity contribution in [1.29, 1.82) is 0 Å². The van der Waals surface area contributed by atoms with Crippen LogP contribution in [0.4, 0.5) is 11.4 Å². The van der Waals surface area contributed by atoms with Crippen LogP contribution in [0.5, 0.6) is 5.75 Å². The number of rotatable bonds is 7. The van der Waals surface area contributed by atoms with Gasteiger partial charge in [0, 0.05) is 15.8 Å². The number of hydrogen-bond acceptors (Lipinski definition) is 4. The highest BCUT2D eigenvalue weighted by Gasteiger charge is 2.12. The molecule has 3 aromatic rings. The maximum Gasteiger partial charge on any atom is 0.291 e. The van der Waals surface area contributed by atoms with Gasteiger partial charge < -0.3 is 19.8 Å². The fraction of sp³-hybridized carbons (Fsp3) is 0.182. The van der Waals surface area contributed by atoms with E-state index in [1.807, 2.05) is 18.2 Å². The number of amides is 2. The van der Waals surface area contributed by atoms with Crippen LogP contribution in [0.3, 0.4) is 0 Å². The van der Waals surface area contributed by atoms with Gasteiger partial charge in [0.2, 0.25) is 0 Å². The molecule has 0 bridgehead atoms. The molecule has 2 amide bonds. The Hall–Kier alpha value is -3.06. The van der Waals surface area contributed by atoms with E-state index < -0.39 is 0 Å². The van der Waals surface area contributed by atoms with Crippen molar-refractivity contribution >= 4 is 39.1 Å². The molecule has 3 rings (SSSR count). The van der Waals surface area contributed by atoms with Crippen molar-refractivity contribution in [3.63, 3.8) is 0 Å². The molecular formula is C22H21BrN2O4. The monoisotopic (exact) mass is 456 g/mol. The van der Waals surface area contributed by atoms with Gasteiger partial charge >= 0.3 is 0 Å². The van der Waals surface area contributed by atoms with Crippen LogP contribution in [0.15, 0.2) is 69.8 Å². The molecule has 0 aliphatic carbocycles. The average Bonchev–Trinajstić information content (AvgIpc) is 3.22. The normalized spacial score (nSPS) is 10.6. The number of carbonyl (C=O) groups excluding carboxylic acids is 2. The fourth-order valence-electron chi connectivity index (χ4n) is 2.72. The Bertz CT molecular complexity index is 1000. The zero-order chi connectivity index (χ0) is 20.8. The van der Waals surface area contributed by atoms with Crippen molar-refractivity contribution in [3.05, 3.63) is 76.7 Å². The zero-order valence-electron chi connectivity index (χ0n) is 16.1. The SMILES string of the molecule is CC(C)c1cc(Br)ccc1OCC(=O)Nc1cccc(NC(=O)c2ccco2)c1. The van der Waals surface area contributed by atoms with E-state index in [4.69, 9.17) is 9.15 Å². The van der Waals surface area contributed by atoms with E-state index in [-0.39, 0.29) is 30.1 Å².